The summed E-state index contributed by atoms with van der Waals surface area (Å²) in [5.41, 5.74) is 2.76. The van der Waals surface area contributed by atoms with E-state index in [2.05, 4.69) is 20.7 Å². The Bertz CT molecular complexity index is 1020. The Kier molecular flexibility index (Phi) is 5.93. The lowest BCUT2D eigenvalue weighted by Crippen LogP contribution is -2.24. The van der Waals surface area contributed by atoms with Crippen molar-refractivity contribution in [3.05, 3.63) is 71.9 Å². The molecule has 1 amide bonds. The maximum atomic E-state index is 12.1. The first-order valence-corrected chi connectivity index (χ1v) is 10.4. The quantitative estimate of drug-likeness (QED) is 0.625. The molecule has 0 aliphatic heterocycles. The molecule has 1 aromatic heterocycles. The van der Waals surface area contributed by atoms with Gasteiger partial charge in [-0.3, -0.25) is 4.79 Å². The molecule has 2 N–H and O–H groups in total. The van der Waals surface area contributed by atoms with Gasteiger partial charge in [0.1, 0.15) is 0 Å². The van der Waals surface area contributed by atoms with E-state index in [1.54, 1.807) is 12.1 Å². The molecule has 0 fully saturated rings. The highest BCUT2D eigenvalue weighted by Gasteiger charge is 2.09. The molecule has 0 spiro atoms. The van der Waals surface area contributed by atoms with Gasteiger partial charge in [-0.05, 0) is 35.7 Å². The molecule has 0 aliphatic carbocycles. The summed E-state index contributed by atoms with van der Waals surface area (Å²) in [6.07, 6.45) is 2.40. The second kappa shape index (κ2) is 8.37. The van der Waals surface area contributed by atoms with Crippen LogP contribution in [-0.2, 0) is 33.7 Å². The molecule has 0 unspecified atom stereocenters. The lowest BCUT2D eigenvalue weighted by atomic mass is 10.1. The number of sulfonamides is 1. The zero-order valence-corrected chi connectivity index (χ0v) is 16.0. The van der Waals surface area contributed by atoms with Crippen LogP contribution >= 0.6 is 0 Å². The van der Waals surface area contributed by atoms with E-state index in [0.29, 0.717) is 25.1 Å². The van der Waals surface area contributed by atoms with E-state index in [4.69, 9.17) is 0 Å². The minimum Gasteiger partial charge on any atom is -0.352 e. The highest BCUT2D eigenvalue weighted by atomic mass is 32.2. The molecular formula is C20H23N3O3S. The van der Waals surface area contributed by atoms with Crippen LogP contribution in [0.3, 0.4) is 0 Å². The standard InChI is InChI=1S/C20H23N3O3S/c1-21-27(25,26)15-17-8-6-16(7-9-17)14-22-20(24)11-13-23-12-10-18-4-2-3-5-19(18)23/h2-10,12,21H,11,13-15H2,1H3,(H,22,24). The predicted octanol–water partition coefficient (Wildman–Crippen LogP) is 2.40. The van der Waals surface area contributed by atoms with Gasteiger partial charge in [0.05, 0.1) is 5.75 Å². The van der Waals surface area contributed by atoms with Crippen molar-refractivity contribution in [3.63, 3.8) is 0 Å². The van der Waals surface area contributed by atoms with Crippen molar-refractivity contribution in [1.82, 2.24) is 14.6 Å². The Morgan fingerprint density at radius 1 is 1.00 bits per heavy atom. The topological polar surface area (TPSA) is 80.2 Å². The number of aromatic nitrogens is 1. The zero-order chi connectivity index (χ0) is 19.3. The first-order valence-electron chi connectivity index (χ1n) is 8.76. The summed E-state index contributed by atoms with van der Waals surface area (Å²) in [6.45, 7) is 1.05. The molecule has 6 nitrogen and oxygen atoms in total. The van der Waals surface area contributed by atoms with Gasteiger partial charge in [0.25, 0.3) is 0 Å². The first-order chi connectivity index (χ1) is 13.0. The van der Waals surface area contributed by atoms with Gasteiger partial charge >= 0.3 is 0 Å². The summed E-state index contributed by atoms with van der Waals surface area (Å²) in [7, 11) is -1.88. The van der Waals surface area contributed by atoms with Crippen molar-refractivity contribution in [2.75, 3.05) is 7.05 Å². The van der Waals surface area contributed by atoms with Crippen LogP contribution < -0.4 is 10.0 Å². The number of para-hydroxylation sites is 1. The number of hydrogen-bond acceptors (Lipinski definition) is 3. The number of carbonyl (C=O) groups excluding carboxylic acids is 1. The van der Waals surface area contributed by atoms with E-state index in [1.165, 1.54) is 12.4 Å². The van der Waals surface area contributed by atoms with Crippen LogP contribution in [0, 0.1) is 0 Å². The van der Waals surface area contributed by atoms with Crippen molar-refractivity contribution in [2.45, 2.75) is 25.3 Å². The number of nitrogens with zero attached hydrogens (tertiary/aromatic N) is 1. The first kappa shape index (κ1) is 19.1. The molecule has 2 aromatic carbocycles. The fourth-order valence-electron chi connectivity index (χ4n) is 2.89. The van der Waals surface area contributed by atoms with Crippen LogP contribution in [0.25, 0.3) is 10.9 Å². The van der Waals surface area contributed by atoms with E-state index in [0.717, 1.165) is 11.1 Å². The van der Waals surface area contributed by atoms with Crippen molar-refractivity contribution in [2.24, 2.45) is 0 Å². The van der Waals surface area contributed by atoms with Gasteiger partial charge in [-0.25, -0.2) is 13.1 Å². The molecule has 7 heteroatoms. The van der Waals surface area contributed by atoms with Crippen molar-refractivity contribution < 1.29 is 13.2 Å². The largest absolute Gasteiger partial charge is 0.352 e. The second-order valence-corrected chi connectivity index (χ2v) is 8.30. The molecule has 1 heterocycles. The molecule has 0 atom stereocenters. The highest BCUT2D eigenvalue weighted by Crippen LogP contribution is 2.15. The van der Waals surface area contributed by atoms with Gasteiger partial charge in [0, 0.05) is 31.2 Å². The normalized spacial score (nSPS) is 11.6. The average molecular weight is 385 g/mol. The molecule has 3 rings (SSSR count). The highest BCUT2D eigenvalue weighted by molar-refractivity contribution is 7.88. The minimum absolute atomic E-state index is 0.0189. The second-order valence-electron chi connectivity index (χ2n) is 6.37. The summed E-state index contributed by atoms with van der Waals surface area (Å²) in [4.78, 5) is 12.1. The maximum Gasteiger partial charge on any atom is 0.222 e. The molecule has 0 bridgehead atoms. The number of rotatable bonds is 8. The zero-order valence-electron chi connectivity index (χ0n) is 15.2. The number of benzene rings is 2. The van der Waals surface area contributed by atoms with Crippen LogP contribution in [0.15, 0.2) is 60.8 Å². The molecular weight excluding hydrogens is 362 g/mol. The van der Waals surface area contributed by atoms with Gasteiger partial charge in [0.15, 0.2) is 0 Å². The van der Waals surface area contributed by atoms with Crippen molar-refractivity contribution in [1.29, 1.82) is 0 Å². The minimum atomic E-state index is -3.28. The Hall–Kier alpha value is -2.64. The molecule has 0 saturated carbocycles. The summed E-state index contributed by atoms with van der Waals surface area (Å²) in [6, 6.07) is 17.3. The van der Waals surface area contributed by atoms with Crippen molar-refractivity contribution in [3.8, 4) is 0 Å². The van der Waals surface area contributed by atoms with E-state index >= 15 is 0 Å². The summed E-state index contributed by atoms with van der Waals surface area (Å²) in [5, 5.41) is 4.07. The van der Waals surface area contributed by atoms with E-state index < -0.39 is 10.0 Å². The number of fused-ring (bicyclic) bond motifs is 1. The Balaban J connectivity index is 1.49. The van der Waals surface area contributed by atoms with Crippen LogP contribution in [-0.4, -0.2) is 25.9 Å². The van der Waals surface area contributed by atoms with Gasteiger partial charge in [-0.2, -0.15) is 0 Å². The van der Waals surface area contributed by atoms with E-state index in [-0.39, 0.29) is 11.7 Å². The molecule has 3 aromatic rings. The molecule has 0 radical (unpaired) electrons. The lowest BCUT2D eigenvalue weighted by Gasteiger charge is -2.08. The van der Waals surface area contributed by atoms with E-state index in [1.807, 2.05) is 42.6 Å². The van der Waals surface area contributed by atoms with Crippen LogP contribution in [0.5, 0.6) is 0 Å². The van der Waals surface area contributed by atoms with Gasteiger partial charge in [-0.1, -0.05) is 42.5 Å². The molecule has 0 saturated heterocycles. The Morgan fingerprint density at radius 2 is 1.70 bits per heavy atom. The fraction of sp³-hybridized carbons (Fsp3) is 0.250. The molecule has 142 valence electrons. The number of amides is 1. The number of carbonyl (C=O) groups is 1. The fourth-order valence-corrected chi connectivity index (χ4v) is 3.67. The van der Waals surface area contributed by atoms with Gasteiger partial charge in [-0.15, -0.1) is 0 Å². The number of aryl methyl sites for hydroxylation is 1. The third-order valence-corrected chi connectivity index (χ3v) is 5.78. The average Bonchev–Trinajstić information content (AvgIpc) is 3.09. The van der Waals surface area contributed by atoms with Gasteiger partial charge in [0.2, 0.25) is 15.9 Å². The van der Waals surface area contributed by atoms with Gasteiger partial charge < -0.3 is 9.88 Å². The number of hydrogen-bond donors (Lipinski definition) is 2. The predicted molar refractivity (Wildman–Crippen MR) is 107 cm³/mol. The smallest absolute Gasteiger partial charge is 0.222 e. The summed E-state index contributed by atoms with van der Waals surface area (Å²) in [5.74, 6) is -0.0735. The molecule has 0 aliphatic rings. The third kappa shape index (κ3) is 5.18. The Morgan fingerprint density at radius 3 is 2.44 bits per heavy atom. The summed E-state index contributed by atoms with van der Waals surface area (Å²) >= 11 is 0. The molecule has 27 heavy (non-hydrogen) atoms. The third-order valence-electron chi connectivity index (χ3n) is 4.44. The van der Waals surface area contributed by atoms with Crippen LogP contribution in [0.2, 0.25) is 0 Å². The van der Waals surface area contributed by atoms with Crippen molar-refractivity contribution >= 4 is 26.8 Å². The van der Waals surface area contributed by atoms with E-state index in [9.17, 15) is 13.2 Å². The Labute approximate surface area is 159 Å². The lowest BCUT2D eigenvalue weighted by molar-refractivity contribution is -0.121. The monoisotopic (exact) mass is 385 g/mol. The number of nitrogens with one attached hydrogen (secondary N) is 2. The summed E-state index contributed by atoms with van der Waals surface area (Å²) < 4.78 is 27.5. The maximum absolute atomic E-state index is 12.1. The van der Waals surface area contributed by atoms with Crippen LogP contribution in [0.4, 0.5) is 0 Å². The SMILES string of the molecule is CNS(=O)(=O)Cc1ccc(CNC(=O)CCn2ccc3ccccc32)cc1. The van der Waals surface area contributed by atoms with Crippen LogP contribution in [0.1, 0.15) is 17.5 Å².